The molecule has 1 N–H and O–H groups in total. The molecule has 0 spiro atoms. The zero-order valence-electron chi connectivity index (χ0n) is 16.0. The SMILES string of the molecule is CC.CC(=O)OC(C)(C)C.CCCC(CCO)CC(C)C. The van der Waals surface area contributed by atoms with Gasteiger partial charge in [-0.05, 0) is 45.4 Å². The summed E-state index contributed by atoms with van der Waals surface area (Å²) < 4.78 is 4.80. The van der Waals surface area contributed by atoms with Crippen LogP contribution in [0.3, 0.4) is 0 Å². The Balaban J connectivity index is -0.000000286. The highest BCUT2D eigenvalue weighted by molar-refractivity contribution is 5.66. The lowest BCUT2D eigenvalue weighted by Gasteiger charge is -2.17. The van der Waals surface area contributed by atoms with Crippen LogP contribution in [0, 0.1) is 11.8 Å². The molecule has 0 aromatic rings. The zero-order valence-corrected chi connectivity index (χ0v) is 16.0. The third kappa shape index (κ3) is 28.3. The fourth-order valence-electron chi connectivity index (χ4n) is 2.07. The van der Waals surface area contributed by atoms with E-state index in [1.54, 1.807) is 0 Å². The molecule has 3 nitrogen and oxygen atoms in total. The highest BCUT2D eigenvalue weighted by Gasteiger charge is 2.11. The predicted molar refractivity (Wildman–Crippen MR) is 92.4 cm³/mol. The van der Waals surface area contributed by atoms with E-state index in [1.165, 1.54) is 26.2 Å². The molecule has 21 heavy (non-hydrogen) atoms. The van der Waals surface area contributed by atoms with Crippen molar-refractivity contribution in [3.63, 3.8) is 0 Å². The number of esters is 1. The molecule has 0 rings (SSSR count). The lowest BCUT2D eigenvalue weighted by Crippen LogP contribution is -2.21. The van der Waals surface area contributed by atoms with Gasteiger partial charge in [0.15, 0.2) is 0 Å². The number of hydrogen-bond donors (Lipinski definition) is 1. The summed E-state index contributed by atoms with van der Waals surface area (Å²) in [7, 11) is 0. The molecule has 0 aliphatic carbocycles. The Morgan fingerprint density at radius 2 is 1.62 bits per heavy atom. The van der Waals surface area contributed by atoms with E-state index in [0.29, 0.717) is 6.61 Å². The average molecular weight is 305 g/mol. The lowest BCUT2D eigenvalue weighted by atomic mass is 9.91. The molecule has 0 saturated heterocycles. The molecule has 3 heteroatoms. The average Bonchev–Trinajstić information content (AvgIpc) is 2.29. The van der Waals surface area contributed by atoms with Crippen LogP contribution < -0.4 is 0 Å². The standard InChI is InChI=1S/C10H22O.C6H12O2.C2H6/c1-4-5-10(6-7-11)8-9(2)3;1-5(7)8-6(2,3)4;1-2/h9-11H,4-8H2,1-3H3;1-4H3;1-2H3. The summed E-state index contributed by atoms with van der Waals surface area (Å²) in [5.74, 6) is 1.31. The molecule has 0 heterocycles. The van der Waals surface area contributed by atoms with E-state index in [9.17, 15) is 4.79 Å². The van der Waals surface area contributed by atoms with Gasteiger partial charge in [0.25, 0.3) is 0 Å². The Bertz CT molecular complexity index is 211. The van der Waals surface area contributed by atoms with E-state index >= 15 is 0 Å². The minimum absolute atomic E-state index is 0.225. The maximum absolute atomic E-state index is 10.2. The van der Waals surface area contributed by atoms with Gasteiger partial charge in [-0.1, -0.05) is 47.5 Å². The van der Waals surface area contributed by atoms with Crippen LogP contribution in [0.25, 0.3) is 0 Å². The summed E-state index contributed by atoms with van der Waals surface area (Å²) in [6.45, 7) is 18.0. The quantitative estimate of drug-likeness (QED) is 0.685. The highest BCUT2D eigenvalue weighted by Crippen LogP contribution is 2.19. The largest absolute Gasteiger partial charge is 0.460 e. The monoisotopic (exact) mass is 304 g/mol. The maximum Gasteiger partial charge on any atom is 0.303 e. The molecule has 0 aromatic heterocycles. The number of rotatable bonds is 6. The van der Waals surface area contributed by atoms with Crippen LogP contribution in [0.4, 0.5) is 0 Å². The smallest absolute Gasteiger partial charge is 0.303 e. The van der Waals surface area contributed by atoms with Gasteiger partial charge in [0, 0.05) is 13.5 Å². The van der Waals surface area contributed by atoms with Gasteiger partial charge in [0.2, 0.25) is 0 Å². The summed E-state index contributed by atoms with van der Waals surface area (Å²) in [5.41, 5.74) is -0.328. The second-order valence-corrected chi connectivity index (χ2v) is 6.50. The van der Waals surface area contributed by atoms with Gasteiger partial charge in [0.05, 0.1) is 0 Å². The number of ether oxygens (including phenoxy) is 1. The number of aliphatic hydroxyl groups excluding tert-OH is 1. The molecule has 1 unspecified atom stereocenters. The third-order valence-electron chi connectivity index (χ3n) is 2.49. The summed E-state index contributed by atoms with van der Waals surface area (Å²) in [6.07, 6.45) is 4.79. The molecule has 130 valence electrons. The number of carbonyl (C=O) groups excluding carboxylic acids is 1. The fraction of sp³-hybridized carbons (Fsp3) is 0.944. The van der Waals surface area contributed by atoms with Crippen LogP contribution in [0.1, 0.15) is 88.0 Å². The van der Waals surface area contributed by atoms with Crippen molar-refractivity contribution < 1.29 is 14.6 Å². The molecule has 0 aromatic carbocycles. The molecular weight excluding hydrogens is 264 g/mol. The van der Waals surface area contributed by atoms with Gasteiger partial charge in [-0.15, -0.1) is 0 Å². The summed E-state index contributed by atoms with van der Waals surface area (Å²) in [5, 5.41) is 8.78. The van der Waals surface area contributed by atoms with Crippen molar-refractivity contribution in [3.05, 3.63) is 0 Å². The Labute approximate surface area is 133 Å². The van der Waals surface area contributed by atoms with Gasteiger partial charge in [-0.3, -0.25) is 4.79 Å². The van der Waals surface area contributed by atoms with Crippen LogP contribution in [0.5, 0.6) is 0 Å². The number of carbonyl (C=O) groups is 1. The van der Waals surface area contributed by atoms with Gasteiger partial charge in [-0.2, -0.15) is 0 Å². The van der Waals surface area contributed by atoms with E-state index in [0.717, 1.165) is 18.3 Å². The molecule has 0 amide bonds. The Morgan fingerprint density at radius 3 is 1.81 bits per heavy atom. The van der Waals surface area contributed by atoms with Crippen molar-refractivity contribution in [2.24, 2.45) is 11.8 Å². The van der Waals surface area contributed by atoms with Crippen LogP contribution >= 0.6 is 0 Å². The van der Waals surface area contributed by atoms with Crippen molar-refractivity contribution in [1.29, 1.82) is 0 Å². The Hall–Kier alpha value is -0.570. The lowest BCUT2D eigenvalue weighted by molar-refractivity contribution is -0.151. The Kier molecular flexibility index (Phi) is 19.1. The second-order valence-electron chi connectivity index (χ2n) is 6.50. The first-order valence-corrected chi connectivity index (χ1v) is 8.42. The van der Waals surface area contributed by atoms with Crippen molar-refractivity contribution in [2.45, 2.75) is 93.6 Å². The first kappa shape index (κ1) is 25.4. The van der Waals surface area contributed by atoms with Crippen LogP contribution in [-0.4, -0.2) is 23.3 Å². The first-order chi connectivity index (χ1) is 9.62. The summed E-state index contributed by atoms with van der Waals surface area (Å²) in [4.78, 5) is 10.2. The Morgan fingerprint density at radius 1 is 1.14 bits per heavy atom. The molecule has 0 fully saturated rings. The van der Waals surface area contributed by atoms with E-state index in [4.69, 9.17) is 9.84 Å². The van der Waals surface area contributed by atoms with Crippen molar-refractivity contribution >= 4 is 5.97 Å². The van der Waals surface area contributed by atoms with Crippen LogP contribution in [0.2, 0.25) is 0 Å². The molecule has 1 atom stereocenters. The van der Waals surface area contributed by atoms with Crippen molar-refractivity contribution in [3.8, 4) is 0 Å². The van der Waals surface area contributed by atoms with Gasteiger partial charge in [0.1, 0.15) is 5.60 Å². The van der Waals surface area contributed by atoms with E-state index in [2.05, 4.69) is 20.8 Å². The van der Waals surface area contributed by atoms with Crippen LogP contribution in [0.15, 0.2) is 0 Å². The molecule has 0 bridgehead atoms. The number of hydrogen-bond acceptors (Lipinski definition) is 3. The van der Waals surface area contributed by atoms with Gasteiger partial charge < -0.3 is 9.84 Å². The van der Waals surface area contributed by atoms with Gasteiger partial charge in [-0.25, -0.2) is 0 Å². The number of aliphatic hydroxyl groups is 1. The highest BCUT2D eigenvalue weighted by atomic mass is 16.6. The molecule has 0 aliphatic heterocycles. The normalized spacial score (nSPS) is 11.8. The van der Waals surface area contributed by atoms with E-state index in [1.807, 2.05) is 34.6 Å². The summed E-state index contributed by atoms with van der Waals surface area (Å²) >= 11 is 0. The fourth-order valence-corrected chi connectivity index (χ4v) is 2.07. The first-order valence-electron chi connectivity index (χ1n) is 8.42. The molecule has 0 radical (unpaired) electrons. The third-order valence-corrected chi connectivity index (χ3v) is 2.49. The molecule has 0 aliphatic rings. The molecular formula is C18H40O3. The van der Waals surface area contributed by atoms with Crippen molar-refractivity contribution in [1.82, 2.24) is 0 Å². The topological polar surface area (TPSA) is 46.5 Å². The second kappa shape index (κ2) is 15.8. The molecule has 0 saturated carbocycles. The van der Waals surface area contributed by atoms with Gasteiger partial charge >= 0.3 is 5.97 Å². The summed E-state index contributed by atoms with van der Waals surface area (Å²) in [6, 6.07) is 0. The van der Waals surface area contributed by atoms with Crippen LogP contribution in [-0.2, 0) is 9.53 Å². The zero-order chi connectivity index (χ0) is 17.5. The maximum atomic E-state index is 10.2. The van der Waals surface area contributed by atoms with E-state index < -0.39 is 0 Å². The predicted octanol–water partition coefficient (Wildman–Crippen LogP) is 5.21. The van der Waals surface area contributed by atoms with E-state index in [-0.39, 0.29) is 11.6 Å². The minimum atomic E-state index is -0.328. The minimum Gasteiger partial charge on any atom is -0.460 e. The van der Waals surface area contributed by atoms with Crippen molar-refractivity contribution in [2.75, 3.05) is 6.61 Å².